The molecule has 0 amide bonds. The van der Waals surface area contributed by atoms with Crippen LogP contribution in [0.5, 0.6) is 0 Å². The average Bonchev–Trinajstić information content (AvgIpc) is 2.80. The van der Waals surface area contributed by atoms with Crippen molar-refractivity contribution in [3.63, 3.8) is 0 Å². The van der Waals surface area contributed by atoms with E-state index in [2.05, 4.69) is 21.8 Å². The monoisotopic (exact) mass is 465 g/mol. The molecular formula is C25H27N3O4S. The Labute approximate surface area is 194 Å². The van der Waals surface area contributed by atoms with Gasteiger partial charge in [0.15, 0.2) is 0 Å². The maximum absolute atomic E-state index is 12.8. The van der Waals surface area contributed by atoms with E-state index < -0.39 is 16.0 Å². The van der Waals surface area contributed by atoms with Gasteiger partial charge in [-0.3, -0.25) is 4.72 Å². The van der Waals surface area contributed by atoms with Crippen LogP contribution in [0.4, 0.5) is 11.5 Å². The molecule has 7 nitrogen and oxygen atoms in total. The molecule has 0 aliphatic carbocycles. The van der Waals surface area contributed by atoms with Crippen LogP contribution in [0.1, 0.15) is 34.3 Å². The Hall–Kier alpha value is -3.39. The predicted octanol–water partition coefficient (Wildman–Crippen LogP) is 4.35. The fourth-order valence-corrected chi connectivity index (χ4v) is 5.57. The van der Waals surface area contributed by atoms with Crippen molar-refractivity contribution in [2.75, 3.05) is 22.7 Å². The summed E-state index contributed by atoms with van der Waals surface area (Å²) >= 11 is 0. The summed E-state index contributed by atoms with van der Waals surface area (Å²) in [6, 6.07) is 18.3. The van der Waals surface area contributed by atoms with Gasteiger partial charge in [-0.15, -0.1) is 0 Å². The lowest BCUT2D eigenvalue weighted by Crippen LogP contribution is -2.36. The second kappa shape index (κ2) is 9.62. The van der Waals surface area contributed by atoms with Crippen molar-refractivity contribution in [2.45, 2.75) is 31.1 Å². The van der Waals surface area contributed by atoms with Crippen molar-refractivity contribution in [1.82, 2.24) is 4.98 Å². The standard InChI is InChI=1S/C25H27N3O4S/c1-18-7-5-6-10-23(18)33(31,32)27-21-16-22(25(29)30)24(26-17-21)28-13-11-20(12-14-28)15-19-8-3-2-4-9-19/h2-10,16-17,20,27H,11-15H2,1H3,(H,29,30). The molecule has 1 fully saturated rings. The van der Waals surface area contributed by atoms with E-state index in [1.165, 1.54) is 23.9 Å². The first kappa shape index (κ1) is 22.8. The van der Waals surface area contributed by atoms with Crippen LogP contribution in [0.3, 0.4) is 0 Å². The third-order valence-electron chi connectivity index (χ3n) is 6.01. The molecule has 4 rings (SSSR count). The molecule has 1 aliphatic rings. The van der Waals surface area contributed by atoms with Crippen molar-refractivity contribution in [2.24, 2.45) is 5.92 Å². The number of anilines is 2. The van der Waals surface area contributed by atoms with Gasteiger partial charge < -0.3 is 10.0 Å². The number of benzene rings is 2. The first-order valence-electron chi connectivity index (χ1n) is 10.9. The molecule has 0 radical (unpaired) electrons. The highest BCUT2D eigenvalue weighted by Crippen LogP contribution is 2.29. The van der Waals surface area contributed by atoms with Crippen LogP contribution in [0.15, 0.2) is 71.8 Å². The number of nitrogens with zero attached hydrogens (tertiary/aromatic N) is 2. The Morgan fingerprint density at radius 1 is 1.09 bits per heavy atom. The van der Waals surface area contributed by atoms with E-state index in [1.807, 2.05) is 23.1 Å². The van der Waals surface area contributed by atoms with Crippen LogP contribution in [0, 0.1) is 12.8 Å². The molecule has 0 bridgehead atoms. The van der Waals surface area contributed by atoms with Gasteiger partial charge in [-0.05, 0) is 55.4 Å². The van der Waals surface area contributed by atoms with Crippen LogP contribution in [0.2, 0.25) is 0 Å². The first-order chi connectivity index (χ1) is 15.8. The number of sulfonamides is 1. The third-order valence-corrected chi connectivity index (χ3v) is 7.56. The van der Waals surface area contributed by atoms with Gasteiger partial charge in [0, 0.05) is 13.1 Å². The van der Waals surface area contributed by atoms with Crippen LogP contribution in [-0.2, 0) is 16.4 Å². The number of rotatable bonds is 7. The summed E-state index contributed by atoms with van der Waals surface area (Å²) in [5.41, 5.74) is 2.02. The van der Waals surface area contributed by atoms with Crippen molar-refractivity contribution < 1.29 is 18.3 Å². The van der Waals surface area contributed by atoms with Crippen LogP contribution in [-0.4, -0.2) is 37.6 Å². The summed E-state index contributed by atoms with van der Waals surface area (Å²) < 4.78 is 28.0. The van der Waals surface area contributed by atoms with Gasteiger partial charge in [0.2, 0.25) is 0 Å². The molecule has 8 heteroatoms. The minimum absolute atomic E-state index is 0.0125. The number of pyridine rings is 1. The molecule has 1 aliphatic heterocycles. The first-order valence-corrected chi connectivity index (χ1v) is 12.4. The number of aryl methyl sites for hydroxylation is 1. The topological polar surface area (TPSA) is 99.6 Å². The van der Waals surface area contributed by atoms with Crippen molar-refractivity contribution in [3.8, 4) is 0 Å². The Morgan fingerprint density at radius 2 is 1.76 bits per heavy atom. The van der Waals surface area contributed by atoms with Crippen LogP contribution >= 0.6 is 0 Å². The normalized spacial score (nSPS) is 14.8. The lowest BCUT2D eigenvalue weighted by atomic mass is 9.90. The van der Waals surface area contributed by atoms with E-state index in [1.54, 1.807) is 25.1 Å². The molecule has 0 unspecified atom stereocenters. The number of carboxylic acids is 1. The Bertz CT molecular complexity index is 1240. The fourth-order valence-electron chi connectivity index (χ4n) is 4.29. The minimum atomic E-state index is -3.86. The number of carboxylic acid groups (broad SMARTS) is 1. The zero-order valence-corrected chi connectivity index (χ0v) is 19.3. The summed E-state index contributed by atoms with van der Waals surface area (Å²) in [4.78, 5) is 18.4. The molecule has 0 atom stereocenters. The summed E-state index contributed by atoms with van der Waals surface area (Å²) in [5, 5.41) is 9.78. The lowest BCUT2D eigenvalue weighted by molar-refractivity contribution is 0.0697. The molecule has 172 valence electrons. The quantitative estimate of drug-likeness (QED) is 0.538. The van der Waals surface area contributed by atoms with Crippen molar-refractivity contribution in [3.05, 3.63) is 83.6 Å². The molecule has 1 aromatic heterocycles. The van der Waals surface area contributed by atoms with Gasteiger partial charge in [-0.1, -0.05) is 48.5 Å². The molecule has 1 saturated heterocycles. The van der Waals surface area contributed by atoms with E-state index in [4.69, 9.17) is 0 Å². The SMILES string of the molecule is Cc1ccccc1S(=O)(=O)Nc1cnc(N2CCC(Cc3ccccc3)CC2)c(C(=O)O)c1. The summed E-state index contributed by atoms with van der Waals surface area (Å²) in [5.74, 6) is -0.225. The van der Waals surface area contributed by atoms with Gasteiger partial charge in [-0.25, -0.2) is 18.2 Å². The second-order valence-electron chi connectivity index (χ2n) is 8.39. The maximum atomic E-state index is 12.8. The molecule has 0 saturated carbocycles. The Kier molecular flexibility index (Phi) is 6.65. The molecule has 0 spiro atoms. The number of aromatic nitrogens is 1. The molecule has 2 N–H and O–H groups in total. The molecule has 2 aromatic carbocycles. The van der Waals surface area contributed by atoms with Gasteiger partial charge in [0.25, 0.3) is 10.0 Å². The van der Waals surface area contributed by atoms with E-state index in [0.717, 1.165) is 19.3 Å². The molecule has 33 heavy (non-hydrogen) atoms. The Morgan fingerprint density at radius 3 is 2.42 bits per heavy atom. The number of piperidine rings is 1. The van der Waals surface area contributed by atoms with Gasteiger partial charge in [0.1, 0.15) is 11.4 Å². The minimum Gasteiger partial charge on any atom is -0.478 e. The largest absolute Gasteiger partial charge is 0.478 e. The van der Waals surface area contributed by atoms with E-state index in [0.29, 0.717) is 30.4 Å². The average molecular weight is 466 g/mol. The maximum Gasteiger partial charge on any atom is 0.339 e. The van der Waals surface area contributed by atoms with E-state index >= 15 is 0 Å². The highest BCUT2D eigenvalue weighted by Gasteiger charge is 2.25. The summed E-state index contributed by atoms with van der Waals surface area (Å²) in [7, 11) is -3.86. The van der Waals surface area contributed by atoms with Crippen molar-refractivity contribution in [1.29, 1.82) is 0 Å². The van der Waals surface area contributed by atoms with Crippen molar-refractivity contribution >= 4 is 27.5 Å². The highest BCUT2D eigenvalue weighted by molar-refractivity contribution is 7.92. The number of hydrogen-bond acceptors (Lipinski definition) is 5. The number of aromatic carboxylic acids is 1. The third kappa shape index (κ3) is 5.34. The van der Waals surface area contributed by atoms with Gasteiger partial charge >= 0.3 is 5.97 Å². The zero-order chi connectivity index (χ0) is 23.4. The Balaban J connectivity index is 1.49. The van der Waals surface area contributed by atoms with Crippen LogP contribution in [0.25, 0.3) is 0 Å². The highest BCUT2D eigenvalue weighted by atomic mass is 32.2. The molecule has 2 heterocycles. The second-order valence-corrected chi connectivity index (χ2v) is 10.0. The molecular weight excluding hydrogens is 438 g/mol. The van der Waals surface area contributed by atoms with E-state index in [-0.39, 0.29) is 16.1 Å². The smallest absolute Gasteiger partial charge is 0.339 e. The summed E-state index contributed by atoms with van der Waals surface area (Å²) in [6.07, 6.45) is 4.27. The zero-order valence-electron chi connectivity index (χ0n) is 18.4. The van der Waals surface area contributed by atoms with E-state index in [9.17, 15) is 18.3 Å². The summed E-state index contributed by atoms with van der Waals surface area (Å²) in [6.45, 7) is 3.12. The number of hydrogen-bond donors (Lipinski definition) is 2. The van der Waals surface area contributed by atoms with Gasteiger partial charge in [-0.2, -0.15) is 0 Å². The number of carbonyl (C=O) groups is 1. The fraction of sp³-hybridized carbons (Fsp3) is 0.280. The number of nitrogens with one attached hydrogen (secondary N) is 1. The lowest BCUT2D eigenvalue weighted by Gasteiger charge is -2.33. The van der Waals surface area contributed by atoms with Crippen LogP contribution < -0.4 is 9.62 Å². The predicted molar refractivity (Wildman–Crippen MR) is 128 cm³/mol. The molecule has 3 aromatic rings. The van der Waals surface area contributed by atoms with Gasteiger partial charge in [0.05, 0.1) is 16.8 Å².